The number of pyridine rings is 1. The highest BCUT2D eigenvalue weighted by molar-refractivity contribution is 9.10. The molecule has 0 saturated heterocycles. The fourth-order valence-corrected chi connectivity index (χ4v) is 2.31. The van der Waals surface area contributed by atoms with Crippen molar-refractivity contribution in [3.8, 4) is 11.5 Å². The fraction of sp³-hybridized carbons (Fsp3) is 0.267. The number of aromatic nitrogens is 1. The van der Waals surface area contributed by atoms with Gasteiger partial charge < -0.3 is 14.8 Å². The average molecular weight is 337 g/mol. The van der Waals surface area contributed by atoms with E-state index in [2.05, 4.69) is 32.3 Å². The topological polar surface area (TPSA) is 43.4 Å². The molecule has 0 aliphatic carbocycles. The van der Waals surface area contributed by atoms with Gasteiger partial charge in [-0.3, -0.25) is 4.98 Å². The molecule has 1 aromatic carbocycles. The maximum Gasteiger partial charge on any atom is 0.161 e. The first-order valence-corrected chi connectivity index (χ1v) is 7.03. The first kappa shape index (κ1) is 14.8. The van der Waals surface area contributed by atoms with Crippen LogP contribution in [-0.4, -0.2) is 19.2 Å². The second-order valence-corrected chi connectivity index (χ2v) is 5.22. The zero-order chi connectivity index (χ0) is 14.4. The molecule has 2 aromatic rings. The summed E-state index contributed by atoms with van der Waals surface area (Å²) in [5, 5.41) is 3.38. The van der Waals surface area contributed by atoms with Crippen LogP contribution >= 0.6 is 15.9 Å². The van der Waals surface area contributed by atoms with Gasteiger partial charge in [-0.05, 0) is 45.3 Å². The van der Waals surface area contributed by atoms with Crippen LogP contribution in [0.25, 0.3) is 0 Å². The van der Waals surface area contributed by atoms with Gasteiger partial charge in [-0.1, -0.05) is 6.07 Å². The SMILES string of the molecule is COc1ccc(CNCc2cncc(Br)c2)cc1OC. The second kappa shape index (κ2) is 7.26. The van der Waals surface area contributed by atoms with E-state index in [9.17, 15) is 0 Å². The van der Waals surface area contributed by atoms with Crippen molar-refractivity contribution >= 4 is 15.9 Å². The van der Waals surface area contributed by atoms with E-state index in [1.165, 1.54) is 0 Å². The summed E-state index contributed by atoms with van der Waals surface area (Å²) in [5.74, 6) is 1.49. The molecule has 20 heavy (non-hydrogen) atoms. The molecule has 1 N–H and O–H groups in total. The van der Waals surface area contributed by atoms with Crippen molar-refractivity contribution in [2.24, 2.45) is 0 Å². The van der Waals surface area contributed by atoms with Crippen molar-refractivity contribution in [1.82, 2.24) is 10.3 Å². The molecule has 4 nitrogen and oxygen atoms in total. The Kier molecular flexibility index (Phi) is 5.38. The van der Waals surface area contributed by atoms with Crippen molar-refractivity contribution in [2.75, 3.05) is 14.2 Å². The van der Waals surface area contributed by atoms with Crippen LogP contribution in [-0.2, 0) is 13.1 Å². The van der Waals surface area contributed by atoms with Crippen LogP contribution in [0, 0.1) is 0 Å². The molecule has 1 heterocycles. The van der Waals surface area contributed by atoms with Gasteiger partial charge in [0, 0.05) is 30.0 Å². The van der Waals surface area contributed by atoms with E-state index in [1.54, 1.807) is 20.4 Å². The van der Waals surface area contributed by atoms with Crippen molar-refractivity contribution in [2.45, 2.75) is 13.1 Å². The van der Waals surface area contributed by atoms with E-state index < -0.39 is 0 Å². The van der Waals surface area contributed by atoms with E-state index in [1.807, 2.05) is 24.4 Å². The summed E-state index contributed by atoms with van der Waals surface area (Å²) in [6, 6.07) is 7.96. The third kappa shape index (κ3) is 3.95. The Labute approximate surface area is 127 Å². The van der Waals surface area contributed by atoms with Crippen LogP contribution in [0.2, 0.25) is 0 Å². The summed E-state index contributed by atoms with van der Waals surface area (Å²) in [6.07, 6.45) is 3.63. The number of ether oxygens (including phenoxy) is 2. The molecule has 0 bridgehead atoms. The summed E-state index contributed by atoms with van der Waals surface area (Å²) in [7, 11) is 3.28. The van der Waals surface area contributed by atoms with E-state index in [4.69, 9.17) is 9.47 Å². The minimum Gasteiger partial charge on any atom is -0.493 e. The van der Waals surface area contributed by atoms with Gasteiger partial charge in [-0.2, -0.15) is 0 Å². The predicted octanol–water partition coefficient (Wildman–Crippen LogP) is 3.15. The van der Waals surface area contributed by atoms with Gasteiger partial charge in [0.05, 0.1) is 14.2 Å². The van der Waals surface area contributed by atoms with Gasteiger partial charge in [-0.25, -0.2) is 0 Å². The van der Waals surface area contributed by atoms with Crippen molar-refractivity contribution < 1.29 is 9.47 Å². The first-order chi connectivity index (χ1) is 9.72. The zero-order valence-corrected chi connectivity index (χ0v) is 13.1. The van der Waals surface area contributed by atoms with Crippen LogP contribution in [0.4, 0.5) is 0 Å². The molecule has 0 fully saturated rings. The number of benzene rings is 1. The van der Waals surface area contributed by atoms with E-state index in [0.717, 1.165) is 40.2 Å². The summed E-state index contributed by atoms with van der Waals surface area (Å²) >= 11 is 3.41. The molecule has 0 atom stereocenters. The number of halogens is 1. The Balaban J connectivity index is 1.94. The summed E-state index contributed by atoms with van der Waals surface area (Å²) in [6.45, 7) is 1.52. The lowest BCUT2D eigenvalue weighted by Crippen LogP contribution is -2.13. The van der Waals surface area contributed by atoms with Crippen LogP contribution in [0.5, 0.6) is 11.5 Å². The third-order valence-corrected chi connectivity index (χ3v) is 3.30. The third-order valence-electron chi connectivity index (χ3n) is 2.87. The number of hydrogen-bond acceptors (Lipinski definition) is 4. The molecule has 2 rings (SSSR count). The normalized spacial score (nSPS) is 10.3. The van der Waals surface area contributed by atoms with Crippen LogP contribution in [0.15, 0.2) is 41.1 Å². The molecule has 0 saturated carbocycles. The molecular weight excluding hydrogens is 320 g/mol. The van der Waals surface area contributed by atoms with Crippen LogP contribution < -0.4 is 14.8 Å². The molecule has 1 aromatic heterocycles. The number of methoxy groups -OCH3 is 2. The zero-order valence-electron chi connectivity index (χ0n) is 11.5. The molecule has 0 unspecified atom stereocenters. The standard InChI is InChI=1S/C15H17BrN2O2/c1-19-14-4-3-11(6-15(14)20-2)7-17-8-12-5-13(16)10-18-9-12/h3-6,9-10,17H,7-8H2,1-2H3. The van der Waals surface area contributed by atoms with Gasteiger partial charge in [0.2, 0.25) is 0 Å². The van der Waals surface area contributed by atoms with Gasteiger partial charge >= 0.3 is 0 Å². The first-order valence-electron chi connectivity index (χ1n) is 6.24. The molecule has 0 radical (unpaired) electrons. The molecule has 0 spiro atoms. The second-order valence-electron chi connectivity index (χ2n) is 4.30. The minimum absolute atomic E-state index is 0.743. The lowest BCUT2D eigenvalue weighted by atomic mass is 10.2. The van der Waals surface area contributed by atoms with Crippen molar-refractivity contribution in [3.05, 3.63) is 52.3 Å². The van der Waals surface area contributed by atoms with Gasteiger partial charge in [0.25, 0.3) is 0 Å². The Bertz CT molecular complexity index is 576. The van der Waals surface area contributed by atoms with Gasteiger partial charge in [0.1, 0.15) is 0 Å². The summed E-state index contributed by atoms with van der Waals surface area (Å²) in [4.78, 5) is 4.14. The van der Waals surface area contributed by atoms with Crippen molar-refractivity contribution in [1.29, 1.82) is 0 Å². The lowest BCUT2D eigenvalue weighted by molar-refractivity contribution is 0.354. The van der Waals surface area contributed by atoms with Crippen LogP contribution in [0.1, 0.15) is 11.1 Å². The summed E-state index contributed by atoms with van der Waals surface area (Å²) in [5.41, 5.74) is 2.28. The van der Waals surface area contributed by atoms with Crippen molar-refractivity contribution in [3.63, 3.8) is 0 Å². The van der Waals surface area contributed by atoms with E-state index in [0.29, 0.717) is 0 Å². The maximum atomic E-state index is 5.29. The van der Waals surface area contributed by atoms with Gasteiger partial charge in [-0.15, -0.1) is 0 Å². The Morgan fingerprint density at radius 2 is 1.75 bits per heavy atom. The minimum atomic E-state index is 0.743. The number of nitrogens with zero attached hydrogens (tertiary/aromatic N) is 1. The molecule has 0 amide bonds. The van der Waals surface area contributed by atoms with E-state index in [-0.39, 0.29) is 0 Å². The maximum absolute atomic E-state index is 5.29. The Morgan fingerprint density at radius 3 is 2.45 bits per heavy atom. The molecule has 0 aliphatic rings. The Morgan fingerprint density at radius 1 is 1.00 bits per heavy atom. The highest BCUT2D eigenvalue weighted by atomic mass is 79.9. The predicted molar refractivity (Wildman–Crippen MR) is 82.0 cm³/mol. The largest absolute Gasteiger partial charge is 0.493 e. The average Bonchev–Trinajstić information content (AvgIpc) is 2.47. The quantitative estimate of drug-likeness (QED) is 0.879. The number of hydrogen-bond donors (Lipinski definition) is 1. The highest BCUT2D eigenvalue weighted by Crippen LogP contribution is 2.27. The number of rotatable bonds is 6. The van der Waals surface area contributed by atoms with Gasteiger partial charge in [0.15, 0.2) is 11.5 Å². The monoisotopic (exact) mass is 336 g/mol. The lowest BCUT2D eigenvalue weighted by Gasteiger charge is -2.10. The van der Waals surface area contributed by atoms with Crippen LogP contribution in [0.3, 0.4) is 0 Å². The molecule has 5 heteroatoms. The fourth-order valence-electron chi connectivity index (χ4n) is 1.89. The van der Waals surface area contributed by atoms with E-state index >= 15 is 0 Å². The molecule has 106 valence electrons. The Hall–Kier alpha value is -1.59. The summed E-state index contributed by atoms with van der Waals surface area (Å²) < 4.78 is 11.5. The highest BCUT2D eigenvalue weighted by Gasteiger charge is 2.04. The molecule has 0 aliphatic heterocycles. The molecular formula is C15H17BrN2O2. The smallest absolute Gasteiger partial charge is 0.161 e. The number of nitrogens with one attached hydrogen (secondary N) is 1.